The van der Waals surface area contributed by atoms with E-state index in [1.165, 1.54) is 0 Å². The third-order valence-electron chi connectivity index (χ3n) is 4.56. The van der Waals surface area contributed by atoms with Crippen LogP contribution in [0, 0.1) is 6.92 Å². The molecule has 144 valence electrons. The molecule has 0 unspecified atom stereocenters. The third kappa shape index (κ3) is 4.35. The second-order valence-corrected chi connectivity index (χ2v) is 6.85. The molecule has 4 aromatic rings. The van der Waals surface area contributed by atoms with Crippen LogP contribution >= 0.6 is 0 Å². The van der Waals surface area contributed by atoms with E-state index in [1.54, 1.807) is 18.2 Å². The predicted molar refractivity (Wildman–Crippen MR) is 115 cm³/mol. The number of H-pyrrole nitrogens is 1. The number of hydrogen-bond acceptors (Lipinski definition) is 3. The molecule has 29 heavy (non-hydrogen) atoms. The highest BCUT2D eigenvalue weighted by Gasteiger charge is 2.12. The molecule has 1 aromatic heterocycles. The van der Waals surface area contributed by atoms with Crippen molar-refractivity contribution in [3.05, 3.63) is 100 Å². The molecule has 1 amide bonds. The second kappa shape index (κ2) is 8.02. The van der Waals surface area contributed by atoms with Crippen LogP contribution in [0.3, 0.4) is 0 Å². The molecule has 0 radical (unpaired) electrons. The number of rotatable bonds is 5. The van der Waals surface area contributed by atoms with Gasteiger partial charge in [0.1, 0.15) is 5.75 Å². The molecule has 0 atom stereocenters. The van der Waals surface area contributed by atoms with Crippen LogP contribution in [0.25, 0.3) is 10.9 Å². The first-order chi connectivity index (χ1) is 14.1. The van der Waals surface area contributed by atoms with E-state index in [-0.39, 0.29) is 17.9 Å². The molecular formula is C24H20N2O3. The summed E-state index contributed by atoms with van der Waals surface area (Å²) in [6.45, 7) is 1.99. The molecule has 5 nitrogen and oxygen atoms in total. The van der Waals surface area contributed by atoms with E-state index < -0.39 is 0 Å². The summed E-state index contributed by atoms with van der Waals surface area (Å²) in [5.74, 6) is 0.947. The number of fused-ring (bicyclic) bond motifs is 1. The lowest BCUT2D eigenvalue weighted by molar-refractivity contribution is -0.115. The van der Waals surface area contributed by atoms with E-state index in [9.17, 15) is 9.59 Å². The number of anilines is 1. The van der Waals surface area contributed by atoms with Crippen LogP contribution < -0.4 is 15.6 Å². The highest BCUT2D eigenvalue weighted by Crippen LogP contribution is 2.29. The Kier molecular flexibility index (Phi) is 5.12. The lowest BCUT2D eigenvalue weighted by Gasteiger charge is -2.12. The Bertz CT molecular complexity index is 1240. The standard InChI is InChI=1S/C24H20N2O3/c1-16-7-6-9-19(13-16)29-22-12-5-4-11-21(22)25-23(27)15-18-14-17-8-2-3-10-20(17)26-24(18)28/h2-14H,15H2,1H3,(H,25,27)(H,26,28). The number of aromatic nitrogens is 1. The molecule has 4 rings (SSSR count). The summed E-state index contributed by atoms with van der Waals surface area (Å²) in [6.07, 6.45) is -0.0288. The SMILES string of the molecule is Cc1cccc(Oc2ccccc2NC(=O)Cc2cc3ccccc3[nH]c2=O)c1. The molecular weight excluding hydrogens is 364 g/mol. The quantitative estimate of drug-likeness (QED) is 0.519. The maximum Gasteiger partial charge on any atom is 0.252 e. The number of aryl methyl sites for hydroxylation is 1. The van der Waals surface area contributed by atoms with Crippen molar-refractivity contribution in [1.29, 1.82) is 0 Å². The van der Waals surface area contributed by atoms with Crippen molar-refractivity contribution in [3.8, 4) is 11.5 Å². The zero-order valence-corrected chi connectivity index (χ0v) is 15.9. The summed E-state index contributed by atoms with van der Waals surface area (Å²) in [5.41, 5.74) is 2.54. The fourth-order valence-corrected chi connectivity index (χ4v) is 3.16. The number of benzene rings is 3. The van der Waals surface area contributed by atoms with Crippen LogP contribution in [0.15, 0.2) is 83.7 Å². The van der Waals surface area contributed by atoms with Crippen LogP contribution in [0.2, 0.25) is 0 Å². The van der Waals surface area contributed by atoms with Gasteiger partial charge < -0.3 is 15.0 Å². The normalized spacial score (nSPS) is 10.7. The number of carbonyl (C=O) groups is 1. The minimum atomic E-state index is -0.286. The fourth-order valence-electron chi connectivity index (χ4n) is 3.16. The van der Waals surface area contributed by atoms with Gasteiger partial charge in [-0.05, 0) is 54.3 Å². The van der Waals surface area contributed by atoms with E-state index >= 15 is 0 Å². The second-order valence-electron chi connectivity index (χ2n) is 6.85. The molecule has 0 aliphatic rings. The molecule has 0 bridgehead atoms. The van der Waals surface area contributed by atoms with Crippen LogP contribution in [0.1, 0.15) is 11.1 Å². The summed E-state index contributed by atoms with van der Waals surface area (Å²) in [4.78, 5) is 27.7. The van der Waals surface area contributed by atoms with Gasteiger partial charge in [-0.2, -0.15) is 0 Å². The van der Waals surface area contributed by atoms with Crippen molar-refractivity contribution in [3.63, 3.8) is 0 Å². The molecule has 2 N–H and O–H groups in total. The first kappa shape index (κ1) is 18.5. The van der Waals surface area contributed by atoms with Gasteiger partial charge in [0.15, 0.2) is 5.75 Å². The van der Waals surface area contributed by atoms with Gasteiger partial charge in [0.25, 0.3) is 5.56 Å². The Morgan fingerprint density at radius 3 is 2.62 bits per heavy atom. The van der Waals surface area contributed by atoms with Gasteiger partial charge in [-0.15, -0.1) is 0 Å². The molecule has 0 saturated carbocycles. The van der Waals surface area contributed by atoms with E-state index in [0.29, 0.717) is 22.7 Å². The number of para-hydroxylation sites is 3. The number of hydrogen-bond donors (Lipinski definition) is 2. The number of carbonyl (C=O) groups excluding carboxylic acids is 1. The van der Waals surface area contributed by atoms with Gasteiger partial charge in [0, 0.05) is 11.1 Å². The van der Waals surface area contributed by atoms with Crippen molar-refractivity contribution in [2.24, 2.45) is 0 Å². The molecule has 1 heterocycles. The van der Waals surface area contributed by atoms with Crippen LogP contribution in [0.5, 0.6) is 11.5 Å². The maximum atomic E-state index is 12.6. The maximum absolute atomic E-state index is 12.6. The zero-order chi connectivity index (χ0) is 20.2. The number of nitrogens with one attached hydrogen (secondary N) is 2. The molecule has 5 heteroatoms. The first-order valence-electron chi connectivity index (χ1n) is 9.33. The van der Waals surface area contributed by atoms with E-state index in [0.717, 1.165) is 16.5 Å². The first-order valence-corrected chi connectivity index (χ1v) is 9.33. The highest BCUT2D eigenvalue weighted by molar-refractivity contribution is 5.94. The number of amides is 1. The van der Waals surface area contributed by atoms with Crippen molar-refractivity contribution < 1.29 is 9.53 Å². The fraction of sp³-hybridized carbons (Fsp3) is 0.0833. The molecule has 3 aromatic carbocycles. The van der Waals surface area contributed by atoms with Gasteiger partial charge in [-0.25, -0.2) is 0 Å². The van der Waals surface area contributed by atoms with E-state index in [2.05, 4.69) is 10.3 Å². The van der Waals surface area contributed by atoms with Crippen LogP contribution in [-0.4, -0.2) is 10.9 Å². The topological polar surface area (TPSA) is 71.2 Å². The monoisotopic (exact) mass is 384 g/mol. The summed E-state index contributed by atoms with van der Waals surface area (Å²) in [6, 6.07) is 24.1. The predicted octanol–water partition coefficient (Wildman–Crippen LogP) is 4.81. The summed E-state index contributed by atoms with van der Waals surface area (Å²) in [5, 5.41) is 3.74. The van der Waals surface area contributed by atoms with Crippen LogP contribution in [-0.2, 0) is 11.2 Å². The Balaban J connectivity index is 1.53. The summed E-state index contributed by atoms with van der Waals surface area (Å²) < 4.78 is 5.94. The average molecular weight is 384 g/mol. The van der Waals surface area contributed by atoms with E-state index in [1.807, 2.05) is 67.6 Å². The Morgan fingerprint density at radius 2 is 1.76 bits per heavy atom. The average Bonchev–Trinajstić information content (AvgIpc) is 2.70. The largest absolute Gasteiger partial charge is 0.455 e. The third-order valence-corrected chi connectivity index (χ3v) is 4.56. The number of pyridine rings is 1. The van der Waals surface area contributed by atoms with Crippen molar-refractivity contribution in [2.75, 3.05) is 5.32 Å². The highest BCUT2D eigenvalue weighted by atomic mass is 16.5. The zero-order valence-electron chi connectivity index (χ0n) is 15.9. The Morgan fingerprint density at radius 1 is 0.966 bits per heavy atom. The molecule has 0 fully saturated rings. The number of aromatic amines is 1. The molecule has 0 aliphatic carbocycles. The lowest BCUT2D eigenvalue weighted by atomic mass is 10.1. The minimum Gasteiger partial charge on any atom is -0.455 e. The summed E-state index contributed by atoms with van der Waals surface area (Å²) in [7, 11) is 0. The van der Waals surface area contributed by atoms with Gasteiger partial charge in [0.05, 0.1) is 12.1 Å². The molecule has 0 aliphatic heterocycles. The van der Waals surface area contributed by atoms with Gasteiger partial charge in [-0.1, -0.05) is 42.5 Å². The van der Waals surface area contributed by atoms with Crippen molar-refractivity contribution in [1.82, 2.24) is 4.98 Å². The molecule has 0 spiro atoms. The van der Waals surface area contributed by atoms with Gasteiger partial charge in [-0.3, -0.25) is 9.59 Å². The van der Waals surface area contributed by atoms with Crippen LogP contribution in [0.4, 0.5) is 5.69 Å². The van der Waals surface area contributed by atoms with Crippen molar-refractivity contribution in [2.45, 2.75) is 13.3 Å². The van der Waals surface area contributed by atoms with E-state index in [4.69, 9.17) is 4.74 Å². The Hall–Kier alpha value is -3.86. The smallest absolute Gasteiger partial charge is 0.252 e. The van der Waals surface area contributed by atoms with Gasteiger partial charge >= 0.3 is 0 Å². The number of ether oxygens (including phenoxy) is 1. The summed E-state index contributed by atoms with van der Waals surface area (Å²) >= 11 is 0. The molecule has 0 saturated heterocycles. The Labute approximate surface area is 168 Å². The van der Waals surface area contributed by atoms with Gasteiger partial charge in [0.2, 0.25) is 5.91 Å². The lowest BCUT2D eigenvalue weighted by Crippen LogP contribution is -2.21. The van der Waals surface area contributed by atoms with Crippen molar-refractivity contribution >= 4 is 22.5 Å². The minimum absolute atomic E-state index is 0.0288.